The van der Waals surface area contributed by atoms with Gasteiger partial charge in [0, 0.05) is 30.6 Å². The fourth-order valence-corrected chi connectivity index (χ4v) is 1.36. The normalized spacial score (nSPS) is 10.1. The second-order valence-corrected chi connectivity index (χ2v) is 3.08. The van der Waals surface area contributed by atoms with Gasteiger partial charge in [-0.25, -0.2) is 0 Å². The zero-order chi connectivity index (χ0) is 9.80. The largest absolute Gasteiger partial charge is 0.326 e. The van der Waals surface area contributed by atoms with Crippen LogP contribution in [0.4, 0.5) is 0 Å². The van der Waals surface area contributed by atoms with Crippen LogP contribution in [0.25, 0.3) is 11.1 Å². The molecule has 0 aliphatic rings. The molecule has 2 heteroatoms. The van der Waals surface area contributed by atoms with E-state index >= 15 is 0 Å². The number of hydrogen-bond acceptors (Lipinski definition) is 2. The van der Waals surface area contributed by atoms with E-state index in [1.165, 1.54) is 0 Å². The summed E-state index contributed by atoms with van der Waals surface area (Å²) >= 11 is 0. The quantitative estimate of drug-likeness (QED) is 0.773. The molecule has 2 nitrogen and oxygen atoms in total. The van der Waals surface area contributed by atoms with E-state index in [9.17, 15) is 0 Å². The topological polar surface area (TPSA) is 38.9 Å². The average molecular weight is 183 g/mol. The number of aromatic nitrogens is 1. The van der Waals surface area contributed by atoms with Crippen LogP contribution in [0.2, 0.25) is 0 Å². The first-order valence-corrected chi connectivity index (χ1v) is 4.50. The zero-order valence-corrected chi connectivity index (χ0v) is 7.77. The van der Waals surface area contributed by atoms with E-state index in [-0.39, 0.29) is 0 Å². The second-order valence-electron chi connectivity index (χ2n) is 3.08. The smallest absolute Gasteiger partial charge is 0.0347 e. The molecule has 0 aliphatic carbocycles. The van der Waals surface area contributed by atoms with Crippen LogP contribution in [0.1, 0.15) is 5.56 Å². The maximum atomic E-state index is 5.57. The van der Waals surface area contributed by atoms with Gasteiger partial charge >= 0.3 is 0 Å². The maximum absolute atomic E-state index is 5.57. The van der Waals surface area contributed by atoms with Crippen LogP contribution in [0.5, 0.6) is 0 Å². The van der Waals surface area contributed by atoms with E-state index < -0.39 is 0 Å². The Morgan fingerprint density at radius 1 is 1.29 bits per heavy atom. The van der Waals surface area contributed by atoms with Gasteiger partial charge in [-0.1, -0.05) is 18.2 Å². The first-order valence-electron chi connectivity index (χ1n) is 4.50. The third kappa shape index (κ3) is 1.80. The lowest BCUT2D eigenvalue weighted by Crippen LogP contribution is -1.95. The Hall–Kier alpha value is -1.67. The fourth-order valence-electron chi connectivity index (χ4n) is 1.36. The molecule has 1 aromatic heterocycles. The molecule has 14 heavy (non-hydrogen) atoms. The molecule has 0 unspecified atom stereocenters. The van der Waals surface area contributed by atoms with Crippen LogP contribution in [0.15, 0.2) is 42.7 Å². The first-order chi connectivity index (χ1) is 6.90. The molecular formula is C12H11N2. The molecule has 2 N–H and O–H groups in total. The standard InChI is InChI=1S/C12H11N2/c13-8-10-3-1-4-11(7-10)12-5-2-6-14-9-12/h1,3-7,9H,8,13H2. The van der Waals surface area contributed by atoms with Gasteiger partial charge in [0.05, 0.1) is 0 Å². The summed E-state index contributed by atoms with van der Waals surface area (Å²) in [5.74, 6) is 0. The van der Waals surface area contributed by atoms with Crippen LogP contribution in [-0.2, 0) is 6.54 Å². The van der Waals surface area contributed by atoms with E-state index in [4.69, 9.17) is 5.73 Å². The van der Waals surface area contributed by atoms with Crippen LogP contribution < -0.4 is 5.73 Å². The van der Waals surface area contributed by atoms with Crippen molar-refractivity contribution in [2.24, 2.45) is 5.73 Å². The predicted octanol–water partition coefficient (Wildman–Crippen LogP) is 2.01. The van der Waals surface area contributed by atoms with Gasteiger partial charge in [-0.05, 0) is 23.3 Å². The Kier molecular flexibility index (Phi) is 2.56. The summed E-state index contributed by atoms with van der Waals surface area (Å²) in [4.78, 5) is 4.03. The molecule has 69 valence electrons. The van der Waals surface area contributed by atoms with Crippen molar-refractivity contribution < 1.29 is 0 Å². The minimum Gasteiger partial charge on any atom is -0.326 e. The molecule has 0 fully saturated rings. The second kappa shape index (κ2) is 4.03. The molecule has 0 bridgehead atoms. The number of hydrogen-bond donors (Lipinski definition) is 1. The molecule has 0 atom stereocenters. The van der Waals surface area contributed by atoms with Gasteiger partial charge in [-0.3, -0.25) is 4.98 Å². The van der Waals surface area contributed by atoms with E-state index in [2.05, 4.69) is 17.1 Å². The van der Waals surface area contributed by atoms with E-state index in [1.54, 1.807) is 6.20 Å². The fraction of sp³-hybridized carbons (Fsp3) is 0.0833. The van der Waals surface area contributed by atoms with Crippen molar-refractivity contribution in [1.29, 1.82) is 0 Å². The molecular weight excluding hydrogens is 172 g/mol. The predicted molar refractivity (Wildman–Crippen MR) is 56.4 cm³/mol. The van der Waals surface area contributed by atoms with Gasteiger partial charge in [0.25, 0.3) is 0 Å². The SMILES string of the molecule is NCc1cccc(-c2c[c]cnc2)c1. The number of pyridine rings is 1. The first kappa shape index (κ1) is 8.91. The number of benzene rings is 1. The Bertz CT molecular complexity index is 410. The molecule has 2 rings (SSSR count). The van der Waals surface area contributed by atoms with Crippen LogP contribution in [0, 0.1) is 6.07 Å². The summed E-state index contributed by atoms with van der Waals surface area (Å²) < 4.78 is 0. The minimum atomic E-state index is 0.567. The highest BCUT2D eigenvalue weighted by Crippen LogP contribution is 2.18. The van der Waals surface area contributed by atoms with E-state index in [0.29, 0.717) is 6.54 Å². The van der Waals surface area contributed by atoms with Crippen molar-refractivity contribution in [1.82, 2.24) is 4.98 Å². The Morgan fingerprint density at radius 2 is 2.21 bits per heavy atom. The number of nitrogens with zero attached hydrogens (tertiary/aromatic N) is 1. The highest BCUT2D eigenvalue weighted by atomic mass is 14.6. The van der Waals surface area contributed by atoms with Crippen LogP contribution in [-0.4, -0.2) is 4.98 Å². The maximum Gasteiger partial charge on any atom is 0.0347 e. The monoisotopic (exact) mass is 183 g/mol. The number of nitrogens with two attached hydrogens (primary N) is 1. The molecule has 0 saturated heterocycles. The highest BCUT2D eigenvalue weighted by Gasteiger charge is 1.97. The van der Waals surface area contributed by atoms with Gasteiger partial charge in [0.2, 0.25) is 0 Å². The average Bonchev–Trinajstić information content (AvgIpc) is 2.30. The van der Waals surface area contributed by atoms with Crippen LogP contribution in [0.3, 0.4) is 0 Å². The molecule has 1 heterocycles. The summed E-state index contributed by atoms with van der Waals surface area (Å²) in [6.07, 6.45) is 3.47. The molecule has 0 aliphatic heterocycles. The summed E-state index contributed by atoms with van der Waals surface area (Å²) in [7, 11) is 0. The number of rotatable bonds is 2. The molecule has 2 aromatic rings. The lowest BCUT2D eigenvalue weighted by Gasteiger charge is -2.02. The van der Waals surface area contributed by atoms with Gasteiger partial charge in [0.15, 0.2) is 0 Å². The van der Waals surface area contributed by atoms with Crippen molar-refractivity contribution in [2.75, 3.05) is 0 Å². The molecule has 1 radical (unpaired) electrons. The van der Waals surface area contributed by atoms with Crippen molar-refractivity contribution in [3.8, 4) is 11.1 Å². The lowest BCUT2D eigenvalue weighted by atomic mass is 10.1. The van der Waals surface area contributed by atoms with Gasteiger partial charge in [-0.2, -0.15) is 0 Å². The molecule has 0 spiro atoms. The Balaban J connectivity index is 2.42. The molecule has 0 amide bonds. The van der Waals surface area contributed by atoms with Gasteiger partial charge < -0.3 is 5.73 Å². The van der Waals surface area contributed by atoms with Crippen LogP contribution >= 0.6 is 0 Å². The summed E-state index contributed by atoms with van der Waals surface area (Å²) in [5, 5.41) is 0. The summed E-state index contributed by atoms with van der Waals surface area (Å²) in [6, 6.07) is 13.0. The van der Waals surface area contributed by atoms with Gasteiger partial charge in [-0.15, -0.1) is 0 Å². The Morgan fingerprint density at radius 3 is 2.93 bits per heavy atom. The minimum absolute atomic E-state index is 0.567. The zero-order valence-electron chi connectivity index (χ0n) is 7.77. The van der Waals surface area contributed by atoms with E-state index in [1.807, 2.05) is 30.5 Å². The van der Waals surface area contributed by atoms with Crippen molar-refractivity contribution >= 4 is 0 Å². The summed E-state index contributed by atoms with van der Waals surface area (Å²) in [6.45, 7) is 0.567. The summed E-state index contributed by atoms with van der Waals surface area (Å²) in [5.41, 5.74) is 8.91. The third-order valence-electron chi connectivity index (χ3n) is 2.10. The highest BCUT2D eigenvalue weighted by molar-refractivity contribution is 5.62. The third-order valence-corrected chi connectivity index (χ3v) is 2.10. The van der Waals surface area contributed by atoms with Crippen molar-refractivity contribution in [3.63, 3.8) is 0 Å². The van der Waals surface area contributed by atoms with Gasteiger partial charge in [0.1, 0.15) is 0 Å². The molecule has 1 aromatic carbocycles. The van der Waals surface area contributed by atoms with Crippen molar-refractivity contribution in [2.45, 2.75) is 6.54 Å². The lowest BCUT2D eigenvalue weighted by molar-refractivity contribution is 1.07. The van der Waals surface area contributed by atoms with Crippen molar-refractivity contribution in [3.05, 3.63) is 54.4 Å². The van der Waals surface area contributed by atoms with E-state index in [0.717, 1.165) is 16.7 Å². The Labute approximate surface area is 83.4 Å². The molecule has 0 saturated carbocycles.